The van der Waals surface area contributed by atoms with E-state index in [4.69, 9.17) is 9.47 Å². The molecule has 8 nitrogen and oxygen atoms in total. The van der Waals surface area contributed by atoms with Crippen LogP contribution in [0.3, 0.4) is 0 Å². The second-order valence-electron chi connectivity index (χ2n) is 7.01. The van der Waals surface area contributed by atoms with E-state index in [1.807, 2.05) is 18.2 Å². The zero-order valence-electron chi connectivity index (χ0n) is 16.8. The topological polar surface area (TPSA) is 111 Å². The maximum atomic E-state index is 12.4. The maximum absolute atomic E-state index is 12.4. The molecule has 0 heterocycles. The molecule has 3 rings (SSSR count). The molecule has 1 atom stereocenters. The molecule has 2 aromatic rings. The molecule has 30 heavy (non-hydrogen) atoms. The first-order chi connectivity index (χ1) is 14.3. The zero-order chi connectivity index (χ0) is 21.7. The van der Waals surface area contributed by atoms with Crippen molar-refractivity contribution in [1.82, 2.24) is 4.72 Å². The van der Waals surface area contributed by atoms with E-state index in [1.165, 1.54) is 49.4 Å². The highest BCUT2D eigenvalue weighted by Crippen LogP contribution is 2.24. The molecule has 2 N–H and O–H groups in total. The van der Waals surface area contributed by atoms with Crippen molar-refractivity contribution in [2.24, 2.45) is 0 Å². The Hall–Kier alpha value is -2.91. The van der Waals surface area contributed by atoms with Crippen LogP contribution < -0.4 is 14.8 Å². The van der Waals surface area contributed by atoms with Crippen molar-refractivity contribution in [3.63, 3.8) is 0 Å². The number of ether oxygens (including phenoxy) is 2. The van der Waals surface area contributed by atoms with Gasteiger partial charge in [0.25, 0.3) is 5.91 Å². The van der Waals surface area contributed by atoms with E-state index in [1.54, 1.807) is 0 Å². The summed E-state index contributed by atoms with van der Waals surface area (Å²) in [5.74, 6) is -0.835. The SMILES string of the molecule is COc1ccc(S(=O)(=O)NC(C)C(=O)OCC(=O)Nc2ccc3c(c2)CCC3)cc1. The number of nitrogens with one attached hydrogen (secondary N) is 2. The minimum atomic E-state index is -3.93. The molecule has 0 aliphatic heterocycles. The van der Waals surface area contributed by atoms with Gasteiger partial charge in [0.15, 0.2) is 6.61 Å². The van der Waals surface area contributed by atoms with E-state index in [2.05, 4.69) is 10.0 Å². The molecule has 1 aliphatic carbocycles. The standard InChI is InChI=1S/C21H24N2O6S/c1-14(23-30(26,27)19-10-8-18(28-2)9-11-19)21(25)29-13-20(24)22-17-7-6-15-4-3-5-16(15)12-17/h6-12,14,23H,3-5,13H2,1-2H3,(H,22,24). The summed E-state index contributed by atoms with van der Waals surface area (Å²) in [6.45, 7) is 0.840. The molecular weight excluding hydrogens is 408 g/mol. The van der Waals surface area contributed by atoms with Gasteiger partial charge in [-0.2, -0.15) is 4.72 Å². The fourth-order valence-corrected chi connectivity index (χ4v) is 4.40. The Bertz CT molecular complexity index is 1030. The fraction of sp³-hybridized carbons (Fsp3) is 0.333. The number of hydrogen-bond donors (Lipinski definition) is 2. The average Bonchev–Trinajstić information content (AvgIpc) is 3.19. The smallest absolute Gasteiger partial charge is 0.324 e. The van der Waals surface area contributed by atoms with Crippen molar-refractivity contribution in [1.29, 1.82) is 0 Å². The number of hydrogen-bond acceptors (Lipinski definition) is 6. The van der Waals surface area contributed by atoms with Crippen LogP contribution >= 0.6 is 0 Å². The first kappa shape index (κ1) is 21.8. The van der Waals surface area contributed by atoms with Crippen LogP contribution in [0.15, 0.2) is 47.4 Å². The lowest BCUT2D eigenvalue weighted by Gasteiger charge is -2.14. The third-order valence-corrected chi connectivity index (χ3v) is 6.34. The lowest BCUT2D eigenvalue weighted by atomic mass is 10.1. The second-order valence-corrected chi connectivity index (χ2v) is 8.73. The number of carbonyl (C=O) groups is 2. The number of sulfonamides is 1. The van der Waals surface area contributed by atoms with Gasteiger partial charge in [0.1, 0.15) is 11.8 Å². The molecule has 2 aromatic carbocycles. The molecule has 1 aliphatic rings. The Morgan fingerprint density at radius 2 is 1.77 bits per heavy atom. The number of methoxy groups -OCH3 is 1. The van der Waals surface area contributed by atoms with E-state index < -0.39 is 34.5 Å². The van der Waals surface area contributed by atoms with Crippen LogP contribution in [0.2, 0.25) is 0 Å². The highest BCUT2D eigenvalue weighted by Gasteiger charge is 2.24. The normalized spacial score (nSPS) is 13.9. The summed E-state index contributed by atoms with van der Waals surface area (Å²) in [4.78, 5) is 24.2. The van der Waals surface area contributed by atoms with Crippen LogP contribution in [0.4, 0.5) is 5.69 Å². The summed E-state index contributed by atoms with van der Waals surface area (Å²) in [7, 11) is -2.46. The van der Waals surface area contributed by atoms with E-state index >= 15 is 0 Å². The number of fused-ring (bicyclic) bond motifs is 1. The number of rotatable bonds is 8. The second kappa shape index (κ2) is 9.27. The third-order valence-electron chi connectivity index (χ3n) is 4.78. The predicted octanol–water partition coefficient (Wildman–Crippen LogP) is 2.03. The highest BCUT2D eigenvalue weighted by atomic mass is 32.2. The summed E-state index contributed by atoms with van der Waals surface area (Å²) in [6.07, 6.45) is 3.14. The minimum absolute atomic E-state index is 0.0164. The summed E-state index contributed by atoms with van der Waals surface area (Å²) in [5.41, 5.74) is 3.15. The van der Waals surface area contributed by atoms with Gasteiger partial charge < -0.3 is 14.8 Å². The van der Waals surface area contributed by atoms with Crippen molar-refractivity contribution in [2.45, 2.75) is 37.1 Å². The van der Waals surface area contributed by atoms with Gasteiger partial charge in [0.2, 0.25) is 10.0 Å². The van der Waals surface area contributed by atoms with E-state index in [0.717, 1.165) is 19.3 Å². The summed E-state index contributed by atoms with van der Waals surface area (Å²) in [6, 6.07) is 10.3. The van der Waals surface area contributed by atoms with E-state index in [-0.39, 0.29) is 4.90 Å². The predicted molar refractivity (Wildman–Crippen MR) is 111 cm³/mol. The first-order valence-corrected chi connectivity index (χ1v) is 11.0. The van der Waals surface area contributed by atoms with Crippen molar-refractivity contribution in [2.75, 3.05) is 19.0 Å². The van der Waals surface area contributed by atoms with Gasteiger partial charge in [-0.1, -0.05) is 6.07 Å². The number of anilines is 1. The summed E-state index contributed by atoms with van der Waals surface area (Å²) < 4.78 is 36.9. The molecule has 0 radical (unpaired) electrons. The van der Waals surface area contributed by atoms with Gasteiger partial charge in [-0.05, 0) is 73.7 Å². The van der Waals surface area contributed by atoms with E-state index in [9.17, 15) is 18.0 Å². The molecule has 0 fully saturated rings. The molecule has 1 unspecified atom stereocenters. The summed E-state index contributed by atoms with van der Waals surface area (Å²) >= 11 is 0. The van der Waals surface area contributed by atoms with Crippen LogP contribution in [0.1, 0.15) is 24.5 Å². The van der Waals surface area contributed by atoms with Gasteiger partial charge in [-0.15, -0.1) is 0 Å². The van der Waals surface area contributed by atoms with Crippen molar-refractivity contribution >= 4 is 27.6 Å². The molecule has 1 amide bonds. The molecule has 160 valence electrons. The lowest BCUT2D eigenvalue weighted by Crippen LogP contribution is -2.40. The number of esters is 1. The van der Waals surface area contributed by atoms with Crippen LogP contribution in [0.5, 0.6) is 5.75 Å². The maximum Gasteiger partial charge on any atom is 0.324 e. The number of aryl methyl sites for hydroxylation is 2. The van der Waals surface area contributed by atoms with Crippen molar-refractivity contribution in [3.05, 3.63) is 53.6 Å². The molecule has 0 bridgehead atoms. The molecule has 0 saturated heterocycles. The fourth-order valence-electron chi connectivity index (χ4n) is 3.21. The van der Waals surface area contributed by atoms with Gasteiger partial charge >= 0.3 is 5.97 Å². The molecule has 0 spiro atoms. The van der Waals surface area contributed by atoms with Crippen molar-refractivity contribution < 1.29 is 27.5 Å². The van der Waals surface area contributed by atoms with Gasteiger partial charge in [0, 0.05) is 5.69 Å². The van der Waals surface area contributed by atoms with Crippen LogP contribution in [-0.4, -0.2) is 40.1 Å². The van der Waals surface area contributed by atoms with E-state index in [0.29, 0.717) is 11.4 Å². The van der Waals surface area contributed by atoms with Gasteiger partial charge in [0.05, 0.1) is 12.0 Å². The number of carbonyl (C=O) groups excluding carboxylic acids is 2. The van der Waals surface area contributed by atoms with Gasteiger partial charge in [-0.3, -0.25) is 9.59 Å². The Kier molecular flexibility index (Phi) is 6.73. The Labute approximate surface area is 175 Å². The lowest BCUT2D eigenvalue weighted by molar-refractivity contribution is -0.148. The van der Waals surface area contributed by atoms with Gasteiger partial charge in [-0.25, -0.2) is 8.42 Å². The Morgan fingerprint density at radius 1 is 1.07 bits per heavy atom. The zero-order valence-corrected chi connectivity index (χ0v) is 17.6. The van der Waals surface area contributed by atoms with Crippen molar-refractivity contribution in [3.8, 4) is 5.75 Å². The highest BCUT2D eigenvalue weighted by molar-refractivity contribution is 7.89. The molecule has 9 heteroatoms. The Balaban J connectivity index is 1.50. The summed E-state index contributed by atoms with van der Waals surface area (Å²) in [5, 5.41) is 2.68. The van der Waals surface area contributed by atoms with Crippen LogP contribution in [0.25, 0.3) is 0 Å². The number of amides is 1. The molecule has 0 saturated carbocycles. The first-order valence-electron chi connectivity index (χ1n) is 9.53. The average molecular weight is 432 g/mol. The monoisotopic (exact) mass is 432 g/mol. The van der Waals surface area contributed by atoms with Crippen LogP contribution in [0, 0.1) is 0 Å². The Morgan fingerprint density at radius 3 is 2.47 bits per heavy atom. The largest absolute Gasteiger partial charge is 0.497 e. The number of benzene rings is 2. The quantitative estimate of drug-likeness (QED) is 0.618. The minimum Gasteiger partial charge on any atom is -0.497 e. The molecule has 0 aromatic heterocycles. The third kappa shape index (κ3) is 5.37. The molecular formula is C21H24N2O6S. The van der Waals surface area contributed by atoms with Crippen LogP contribution in [-0.2, 0) is 37.2 Å².